The number of imidazole rings is 1. The summed E-state index contributed by atoms with van der Waals surface area (Å²) >= 11 is 0. The second-order valence-corrected chi connectivity index (χ2v) is 17.8. The molecular weight excluding hydrogens is 514 g/mol. The van der Waals surface area contributed by atoms with E-state index in [-0.39, 0.29) is 6.04 Å². The molecule has 2 bridgehead atoms. The van der Waals surface area contributed by atoms with Crippen LogP contribution in [0, 0.1) is 0 Å². The normalized spacial score (nSPS) is 16.1. The molecule has 216 valence electrons. The minimum atomic E-state index is -1.24. The zero-order chi connectivity index (χ0) is 28.6. The average Bonchev–Trinajstić information content (AvgIpc) is 3.24. The van der Waals surface area contributed by atoms with Crippen LogP contribution >= 0.6 is 0 Å². The Morgan fingerprint density at radius 2 is 1.92 bits per heavy atom. The van der Waals surface area contributed by atoms with Crippen molar-refractivity contribution in [3.63, 3.8) is 0 Å². The van der Waals surface area contributed by atoms with Crippen LogP contribution in [0.1, 0.15) is 58.3 Å². The Hall–Kier alpha value is -3.05. The van der Waals surface area contributed by atoms with E-state index in [2.05, 4.69) is 35.6 Å². The van der Waals surface area contributed by atoms with Crippen molar-refractivity contribution in [2.24, 2.45) is 0 Å². The number of alkyl carbamates (subject to hydrolysis) is 1. The molecule has 2 amide bonds. The van der Waals surface area contributed by atoms with E-state index in [0.29, 0.717) is 19.0 Å². The third-order valence-electron chi connectivity index (χ3n) is 6.25. The molecule has 11 heteroatoms. The van der Waals surface area contributed by atoms with Gasteiger partial charge in [-0.25, -0.2) is 14.6 Å². The van der Waals surface area contributed by atoms with Crippen molar-refractivity contribution in [1.29, 1.82) is 0 Å². The number of carbonyl (C=O) groups is 2. The number of nitrogens with zero attached hydrogens (tertiary/aromatic N) is 2. The van der Waals surface area contributed by atoms with Crippen LogP contribution in [0.2, 0.25) is 25.7 Å². The second kappa shape index (κ2) is 13.3. The minimum Gasteiger partial charge on any atom is -0.453 e. The number of aromatic nitrogens is 2. The number of nitrogens with one attached hydrogen (secondary N) is 3. The van der Waals surface area contributed by atoms with Gasteiger partial charge in [-0.3, -0.25) is 5.32 Å². The average molecular weight is 560 g/mol. The van der Waals surface area contributed by atoms with Gasteiger partial charge in [0.2, 0.25) is 0 Å². The van der Waals surface area contributed by atoms with E-state index in [1.165, 1.54) is 7.11 Å². The van der Waals surface area contributed by atoms with Crippen LogP contribution in [0.4, 0.5) is 21.0 Å². The molecule has 0 aliphatic carbocycles. The van der Waals surface area contributed by atoms with Crippen molar-refractivity contribution in [1.82, 2.24) is 14.9 Å². The Balaban J connectivity index is 1.98. The quantitative estimate of drug-likeness (QED) is 0.259. The monoisotopic (exact) mass is 559 g/mol. The SMILES string of the molecule is COC(=O)Nc1ccc2c(c1)NCCCCCC(NC(=O)OC(C)(C)C)c1nc-2cn1COCC[Si](C)(C)C. The highest BCUT2D eigenvalue weighted by atomic mass is 28.3. The number of rotatable bonds is 7. The van der Waals surface area contributed by atoms with Gasteiger partial charge < -0.3 is 29.4 Å². The zero-order valence-corrected chi connectivity index (χ0v) is 25.5. The van der Waals surface area contributed by atoms with Crippen molar-refractivity contribution < 1.29 is 23.8 Å². The summed E-state index contributed by atoms with van der Waals surface area (Å²) in [6.45, 7) is 14.3. The zero-order valence-electron chi connectivity index (χ0n) is 24.5. The summed E-state index contributed by atoms with van der Waals surface area (Å²) < 4.78 is 18.4. The van der Waals surface area contributed by atoms with Crippen LogP contribution in [0.5, 0.6) is 0 Å². The van der Waals surface area contributed by atoms with Gasteiger partial charge in [0, 0.05) is 44.4 Å². The summed E-state index contributed by atoms with van der Waals surface area (Å²) in [7, 11) is 0.0997. The molecule has 2 heterocycles. The third-order valence-corrected chi connectivity index (χ3v) is 7.95. The Bertz CT molecular complexity index is 1120. The molecule has 3 N–H and O–H groups in total. The van der Waals surface area contributed by atoms with E-state index < -0.39 is 25.9 Å². The van der Waals surface area contributed by atoms with Crippen LogP contribution in [0.15, 0.2) is 24.4 Å². The molecular formula is C28H45N5O5Si. The first-order chi connectivity index (χ1) is 18.3. The number of carbonyl (C=O) groups excluding carboxylic acids is 2. The van der Waals surface area contributed by atoms with Crippen molar-refractivity contribution in [3.05, 3.63) is 30.2 Å². The highest BCUT2D eigenvalue weighted by Crippen LogP contribution is 2.33. The highest BCUT2D eigenvalue weighted by Gasteiger charge is 2.26. The van der Waals surface area contributed by atoms with Gasteiger partial charge in [-0.1, -0.05) is 32.5 Å². The maximum Gasteiger partial charge on any atom is 0.411 e. The summed E-state index contributed by atoms with van der Waals surface area (Å²) in [5.74, 6) is 0.729. The van der Waals surface area contributed by atoms with Crippen molar-refractivity contribution in [3.8, 4) is 11.3 Å². The van der Waals surface area contributed by atoms with Crippen LogP contribution in [0.25, 0.3) is 11.3 Å². The van der Waals surface area contributed by atoms with E-state index in [4.69, 9.17) is 19.2 Å². The predicted molar refractivity (Wildman–Crippen MR) is 157 cm³/mol. The van der Waals surface area contributed by atoms with E-state index in [9.17, 15) is 9.59 Å². The van der Waals surface area contributed by atoms with Crippen LogP contribution in [-0.2, 0) is 20.9 Å². The number of hydrogen-bond acceptors (Lipinski definition) is 7. The Labute approximate surface area is 233 Å². The lowest BCUT2D eigenvalue weighted by molar-refractivity contribution is 0.0487. The molecule has 0 spiro atoms. The molecule has 0 saturated carbocycles. The first-order valence-corrected chi connectivity index (χ1v) is 17.4. The van der Waals surface area contributed by atoms with Crippen molar-refractivity contribution >= 4 is 31.6 Å². The second-order valence-electron chi connectivity index (χ2n) is 12.2. The number of anilines is 2. The fourth-order valence-corrected chi connectivity index (χ4v) is 4.99. The van der Waals surface area contributed by atoms with E-state index in [0.717, 1.165) is 61.0 Å². The molecule has 39 heavy (non-hydrogen) atoms. The predicted octanol–water partition coefficient (Wildman–Crippen LogP) is 6.59. The molecule has 1 aliphatic rings. The largest absolute Gasteiger partial charge is 0.453 e. The fourth-order valence-electron chi connectivity index (χ4n) is 4.23. The molecule has 1 atom stereocenters. The molecule has 1 aromatic carbocycles. The maximum absolute atomic E-state index is 12.8. The number of ether oxygens (including phenoxy) is 3. The fraction of sp³-hybridized carbons (Fsp3) is 0.607. The molecule has 0 radical (unpaired) electrons. The molecule has 0 saturated heterocycles. The van der Waals surface area contributed by atoms with Crippen molar-refractivity contribution in [2.45, 2.75) is 90.5 Å². The maximum atomic E-state index is 12.8. The summed E-state index contributed by atoms with van der Waals surface area (Å²) in [4.78, 5) is 29.6. The number of benzene rings is 1. The van der Waals surface area contributed by atoms with Crippen LogP contribution < -0.4 is 16.0 Å². The van der Waals surface area contributed by atoms with Crippen molar-refractivity contribution in [2.75, 3.05) is 30.9 Å². The molecule has 1 unspecified atom stereocenters. The van der Waals surface area contributed by atoms with Gasteiger partial charge in [-0.05, 0) is 57.9 Å². The van der Waals surface area contributed by atoms with Crippen LogP contribution in [0.3, 0.4) is 0 Å². The van der Waals surface area contributed by atoms with Gasteiger partial charge in [0.25, 0.3) is 0 Å². The first-order valence-electron chi connectivity index (χ1n) is 13.7. The van der Waals surface area contributed by atoms with Gasteiger partial charge >= 0.3 is 12.2 Å². The molecule has 10 nitrogen and oxygen atoms in total. The Morgan fingerprint density at radius 1 is 1.15 bits per heavy atom. The summed E-state index contributed by atoms with van der Waals surface area (Å²) in [5, 5.41) is 9.31. The molecule has 1 aromatic heterocycles. The standard InChI is InChI=1S/C28H45N5O5Si/c1-28(2,3)38-27(35)32-22-11-9-8-10-14-29-23-17-20(30-26(34)36-4)12-13-21(23)24-18-33(25(22)31-24)19-37-15-16-39(5,6)7/h12-13,17-18,22,29H,8-11,14-16,19H2,1-7H3,(H,30,34)(H,32,35). The number of amides is 2. The lowest BCUT2D eigenvalue weighted by atomic mass is 10.1. The highest BCUT2D eigenvalue weighted by molar-refractivity contribution is 6.76. The lowest BCUT2D eigenvalue weighted by Crippen LogP contribution is -2.36. The Morgan fingerprint density at radius 3 is 2.62 bits per heavy atom. The topological polar surface area (TPSA) is 116 Å². The minimum absolute atomic E-state index is 0.328. The van der Waals surface area contributed by atoms with E-state index >= 15 is 0 Å². The molecule has 3 rings (SSSR count). The van der Waals surface area contributed by atoms with Gasteiger partial charge in [-0.15, -0.1) is 0 Å². The van der Waals surface area contributed by atoms with Crippen LogP contribution in [-0.4, -0.2) is 55.7 Å². The third kappa shape index (κ3) is 9.89. The Kier molecular flexibility index (Phi) is 10.4. The van der Waals surface area contributed by atoms with Gasteiger partial charge in [-0.2, -0.15) is 0 Å². The van der Waals surface area contributed by atoms with Gasteiger partial charge in [0.15, 0.2) is 0 Å². The molecule has 0 fully saturated rings. The smallest absolute Gasteiger partial charge is 0.411 e. The van der Waals surface area contributed by atoms with Gasteiger partial charge in [0.05, 0.1) is 18.8 Å². The number of hydrogen-bond donors (Lipinski definition) is 3. The number of fused-ring (bicyclic) bond motifs is 4. The molecule has 2 aromatic rings. The van der Waals surface area contributed by atoms with Gasteiger partial charge in [0.1, 0.15) is 18.2 Å². The van der Waals surface area contributed by atoms with E-state index in [1.807, 2.05) is 49.7 Å². The first kappa shape index (κ1) is 30.5. The summed E-state index contributed by atoms with van der Waals surface area (Å²) in [5.41, 5.74) is 2.53. The lowest BCUT2D eigenvalue weighted by Gasteiger charge is -2.24. The molecule has 1 aliphatic heterocycles. The van der Waals surface area contributed by atoms with E-state index in [1.54, 1.807) is 0 Å². The summed E-state index contributed by atoms with van der Waals surface area (Å²) in [6.07, 6.45) is 4.57. The number of methoxy groups -OCH3 is 1. The summed E-state index contributed by atoms with van der Waals surface area (Å²) in [6, 6.07) is 6.37.